The summed E-state index contributed by atoms with van der Waals surface area (Å²) < 4.78 is 9.85. The van der Waals surface area contributed by atoms with E-state index in [0.29, 0.717) is 6.61 Å². The molecule has 13 heavy (non-hydrogen) atoms. The van der Waals surface area contributed by atoms with Gasteiger partial charge in [0.1, 0.15) is 0 Å². The van der Waals surface area contributed by atoms with Crippen molar-refractivity contribution in [1.29, 1.82) is 0 Å². The van der Waals surface area contributed by atoms with Crippen molar-refractivity contribution in [3.8, 4) is 0 Å². The van der Waals surface area contributed by atoms with Crippen molar-refractivity contribution in [2.75, 3.05) is 20.7 Å². The fraction of sp³-hybridized carbons (Fsp3) is 0.750. The maximum atomic E-state index is 11.1. The molecule has 0 fully saturated rings. The maximum absolute atomic E-state index is 11.1. The van der Waals surface area contributed by atoms with Crippen LogP contribution in [-0.4, -0.2) is 42.8 Å². The minimum atomic E-state index is -0.644. The normalized spacial score (nSPS) is 11.7. The van der Waals surface area contributed by atoms with E-state index in [1.165, 1.54) is 0 Å². The lowest BCUT2D eigenvalue weighted by Crippen LogP contribution is -2.31. The van der Waals surface area contributed by atoms with Crippen molar-refractivity contribution in [3.05, 3.63) is 0 Å². The Morgan fingerprint density at radius 2 is 2.08 bits per heavy atom. The van der Waals surface area contributed by atoms with Crippen LogP contribution in [0.2, 0.25) is 0 Å². The fourth-order valence-electron chi connectivity index (χ4n) is 0.564. The van der Waals surface area contributed by atoms with Crippen LogP contribution < -0.4 is 0 Å². The lowest BCUT2D eigenvalue weighted by atomic mass is 10.4. The quantitative estimate of drug-likeness (QED) is 0.503. The van der Waals surface area contributed by atoms with Crippen molar-refractivity contribution < 1.29 is 14.3 Å². The standard InChI is InChI=1S/C8H15NO3S/c1-5-11-7(10)6(2)12-8(13)9(3)4/h6H,5H2,1-4H3/t6-/m0/s1. The van der Waals surface area contributed by atoms with Gasteiger partial charge in [-0.05, 0) is 26.1 Å². The zero-order chi connectivity index (χ0) is 10.4. The number of ether oxygens (including phenoxy) is 2. The summed E-state index contributed by atoms with van der Waals surface area (Å²) in [5, 5.41) is 0.278. The zero-order valence-electron chi connectivity index (χ0n) is 8.36. The number of thiocarbonyl (C=S) groups is 1. The summed E-state index contributed by atoms with van der Waals surface area (Å²) >= 11 is 4.85. The number of rotatable bonds is 3. The first-order valence-corrected chi connectivity index (χ1v) is 4.44. The van der Waals surface area contributed by atoms with E-state index in [4.69, 9.17) is 21.7 Å². The Kier molecular flexibility index (Phi) is 5.37. The molecular formula is C8H15NO3S. The second-order valence-electron chi connectivity index (χ2n) is 2.67. The molecular weight excluding hydrogens is 190 g/mol. The smallest absolute Gasteiger partial charge is 0.347 e. The predicted molar refractivity (Wildman–Crippen MR) is 53.5 cm³/mol. The molecule has 0 saturated heterocycles. The van der Waals surface area contributed by atoms with Crippen molar-refractivity contribution in [2.24, 2.45) is 0 Å². The number of carbonyl (C=O) groups excluding carboxylic acids is 1. The molecule has 0 N–H and O–H groups in total. The molecule has 0 heterocycles. The lowest BCUT2D eigenvalue weighted by molar-refractivity contribution is -0.151. The summed E-state index contributed by atoms with van der Waals surface area (Å²) in [5.74, 6) is -0.397. The molecule has 0 unspecified atom stereocenters. The third-order valence-electron chi connectivity index (χ3n) is 1.26. The molecule has 0 aromatic heterocycles. The van der Waals surface area contributed by atoms with Crippen molar-refractivity contribution in [2.45, 2.75) is 20.0 Å². The van der Waals surface area contributed by atoms with Gasteiger partial charge in [-0.2, -0.15) is 0 Å². The van der Waals surface area contributed by atoms with Crippen molar-refractivity contribution in [3.63, 3.8) is 0 Å². The summed E-state index contributed by atoms with van der Waals surface area (Å²) in [6.45, 7) is 3.70. The summed E-state index contributed by atoms with van der Waals surface area (Å²) in [7, 11) is 3.50. The molecule has 0 amide bonds. The molecule has 1 atom stereocenters. The highest BCUT2D eigenvalue weighted by atomic mass is 32.1. The number of hydrogen-bond acceptors (Lipinski definition) is 4. The Balaban J connectivity index is 3.92. The number of esters is 1. The number of hydrogen-bond donors (Lipinski definition) is 0. The van der Waals surface area contributed by atoms with Crippen LogP contribution in [0.3, 0.4) is 0 Å². The lowest BCUT2D eigenvalue weighted by Gasteiger charge is -2.18. The van der Waals surface area contributed by atoms with Gasteiger partial charge >= 0.3 is 5.97 Å². The van der Waals surface area contributed by atoms with E-state index >= 15 is 0 Å². The molecule has 0 aliphatic heterocycles. The average Bonchev–Trinajstić information content (AvgIpc) is 2.04. The SMILES string of the molecule is CCOC(=O)[C@H](C)OC(=S)N(C)C. The summed E-state index contributed by atoms with van der Waals surface area (Å²) in [4.78, 5) is 12.7. The monoisotopic (exact) mass is 205 g/mol. The summed E-state index contributed by atoms with van der Waals surface area (Å²) in [6, 6.07) is 0. The van der Waals surface area contributed by atoms with Gasteiger partial charge in [-0.15, -0.1) is 0 Å². The third kappa shape index (κ3) is 4.67. The highest BCUT2D eigenvalue weighted by Gasteiger charge is 2.17. The summed E-state index contributed by atoms with van der Waals surface area (Å²) in [5.41, 5.74) is 0. The van der Waals surface area contributed by atoms with Crippen LogP contribution in [0, 0.1) is 0 Å². The van der Waals surface area contributed by atoms with Gasteiger partial charge in [0.2, 0.25) is 0 Å². The van der Waals surface area contributed by atoms with Crippen LogP contribution >= 0.6 is 12.2 Å². The number of nitrogens with zero attached hydrogens (tertiary/aromatic N) is 1. The molecule has 0 aromatic rings. The second-order valence-corrected chi connectivity index (χ2v) is 3.02. The summed E-state index contributed by atoms with van der Waals surface area (Å²) in [6.07, 6.45) is -0.644. The van der Waals surface area contributed by atoms with Crippen LogP contribution in [0.15, 0.2) is 0 Å². The molecule has 0 bridgehead atoms. The average molecular weight is 205 g/mol. The van der Waals surface area contributed by atoms with Gasteiger partial charge in [-0.3, -0.25) is 0 Å². The first kappa shape index (κ1) is 12.2. The first-order chi connectivity index (χ1) is 5.99. The highest BCUT2D eigenvalue weighted by Crippen LogP contribution is 1.98. The van der Waals surface area contributed by atoms with Crippen molar-refractivity contribution >= 4 is 23.4 Å². The van der Waals surface area contributed by atoms with Crippen LogP contribution in [0.25, 0.3) is 0 Å². The van der Waals surface area contributed by atoms with Crippen LogP contribution in [0.1, 0.15) is 13.8 Å². The Hall–Kier alpha value is -0.840. The van der Waals surface area contributed by atoms with E-state index in [1.54, 1.807) is 32.8 Å². The molecule has 76 valence electrons. The largest absolute Gasteiger partial charge is 0.463 e. The third-order valence-corrected chi connectivity index (χ3v) is 1.72. The van der Waals surface area contributed by atoms with E-state index < -0.39 is 12.1 Å². The topological polar surface area (TPSA) is 38.8 Å². The predicted octanol–water partition coefficient (Wildman–Crippen LogP) is 0.801. The van der Waals surface area contributed by atoms with Gasteiger partial charge in [0.15, 0.2) is 6.10 Å². The first-order valence-electron chi connectivity index (χ1n) is 4.03. The van der Waals surface area contributed by atoms with Crippen molar-refractivity contribution in [1.82, 2.24) is 4.90 Å². The molecule has 5 heteroatoms. The van der Waals surface area contributed by atoms with Gasteiger partial charge in [0.25, 0.3) is 5.17 Å². The Morgan fingerprint density at radius 1 is 1.54 bits per heavy atom. The van der Waals surface area contributed by atoms with Gasteiger partial charge in [0.05, 0.1) is 6.61 Å². The fourth-order valence-corrected chi connectivity index (χ4v) is 0.709. The van der Waals surface area contributed by atoms with E-state index in [2.05, 4.69) is 0 Å². The van der Waals surface area contributed by atoms with E-state index in [1.807, 2.05) is 0 Å². The van der Waals surface area contributed by atoms with Gasteiger partial charge in [-0.1, -0.05) is 0 Å². The van der Waals surface area contributed by atoms with Crippen LogP contribution in [0.5, 0.6) is 0 Å². The molecule has 0 spiro atoms. The van der Waals surface area contributed by atoms with E-state index in [-0.39, 0.29) is 5.17 Å². The Bertz CT molecular complexity index is 194. The maximum Gasteiger partial charge on any atom is 0.347 e. The van der Waals surface area contributed by atoms with Gasteiger partial charge < -0.3 is 14.4 Å². The molecule has 0 aliphatic carbocycles. The molecule has 0 rings (SSSR count). The van der Waals surface area contributed by atoms with Gasteiger partial charge in [0, 0.05) is 14.1 Å². The minimum absolute atomic E-state index is 0.278. The second kappa shape index (κ2) is 5.75. The van der Waals surface area contributed by atoms with E-state index in [0.717, 1.165) is 0 Å². The minimum Gasteiger partial charge on any atom is -0.463 e. The molecule has 0 radical (unpaired) electrons. The number of carbonyl (C=O) groups is 1. The molecule has 0 aromatic carbocycles. The van der Waals surface area contributed by atoms with E-state index in [9.17, 15) is 4.79 Å². The zero-order valence-corrected chi connectivity index (χ0v) is 9.18. The molecule has 4 nitrogen and oxygen atoms in total. The molecule has 0 aliphatic rings. The highest BCUT2D eigenvalue weighted by molar-refractivity contribution is 7.80. The Labute approximate surface area is 83.8 Å². The molecule has 0 saturated carbocycles. The van der Waals surface area contributed by atoms with Crippen LogP contribution in [0.4, 0.5) is 0 Å². The van der Waals surface area contributed by atoms with Crippen LogP contribution in [-0.2, 0) is 14.3 Å². The Morgan fingerprint density at radius 3 is 2.46 bits per heavy atom. The van der Waals surface area contributed by atoms with Gasteiger partial charge in [-0.25, -0.2) is 4.79 Å².